The summed E-state index contributed by atoms with van der Waals surface area (Å²) in [5.74, 6) is -0.394. The topological polar surface area (TPSA) is 64.3 Å². The van der Waals surface area contributed by atoms with Gasteiger partial charge in [0.15, 0.2) is 0 Å². The molecule has 4 nitrogen and oxygen atoms in total. The van der Waals surface area contributed by atoms with Gasteiger partial charge in [-0.3, -0.25) is 4.79 Å². The van der Waals surface area contributed by atoms with E-state index in [0.717, 1.165) is 5.56 Å². The maximum absolute atomic E-state index is 13.6. The monoisotopic (exact) mass is 288 g/mol. The Morgan fingerprint density at radius 3 is 2.67 bits per heavy atom. The van der Waals surface area contributed by atoms with E-state index in [0.29, 0.717) is 5.75 Å². The molecule has 3 N–H and O–H groups in total. The number of halogens is 1. The largest absolute Gasteiger partial charge is 0.497 e. The highest BCUT2D eigenvalue weighted by Gasteiger charge is 2.13. The first-order valence-corrected chi connectivity index (χ1v) is 6.54. The summed E-state index contributed by atoms with van der Waals surface area (Å²) >= 11 is 0. The zero-order valence-electron chi connectivity index (χ0n) is 11.7. The molecule has 0 aliphatic carbocycles. The lowest BCUT2D eigenvalue weighted by Gasteiger charge is -2.13. The molecule has 1 atom stereocenters. The molecule has 0 heterocycles. The lowest BCUT2D eigenvalue weighted by atomic mass is 10.0. The SMILES string of the molecule is COc1ccc(F)c(NC(=O)CC(N)c2ccccc2)c1. The van der Waals surface area contributed by atoms with Crippen molar-refractivity contribution >= 4 is 11.6 Å². The average Bonchev–Trinajstić information content (AvgIpc) is 2.50. The fourth-order valence-electron chi connectivity index (χ4n) is 1.95. The van der Waals surface area contributed by atoms with E-state index in [2.05, 4.69) is 5.32 Å². The van der Waals surface area contributed by atoms with Gasteiger partial charge in [0.05, 0.1) is 12.8 Å². The molecule has 2 aromatic rings. The van der Waals surface area contributed by atoms with Gasteiger partial charge in [-0.15, -0.1) is 0 Å². The van der Waals surface area contributed by atoms with Gasteiger partial charge in [-0.25, -0.2) is 4.39 Å². The number of nitrogens with two attached hydrogens (primary N) is 1. The van der Waals surface area contributed by atoms with Crippen LogP contribution in [0.1, 0.15) is 18.0 Å². The number of rotatable bonds is 5. The van der Waals surface area contributed by atoms with Gasteiger partial charge in [-0.05, 0) is 17.7 Å². The van der Waals surface area contributed by atoms with Crippen molar-refractivity contribution in [2.24, 2.45) is 5.73 Å². The molecule has 0 saturated heterocycles. The smallest absolute Gasteiger partial charge is 0.226 e. The van der Waals surface area contributed by atoms with Gasteiger partial charge < -0.3 is 15.8 Å². The van der Waals surface area contributed by atoms with Crippen LogP contribution in [0, 0.1) is 5.82 Å². The van der Waals surface area contributed by atoms with Gasteiger partial charge >= 0.3 is 0 Å². The number of methoxy groups -OCH3 is 1. The maximum Gasteiger partial charge on any atom is 0.226 e. The first-order chi connectivity index (χ1) is 10.1. The molecule has 21 heavy (non-hydrogen) atoms. The first kappa shape index (κ1) is 15.0. The second kappa shape index (κ2) is 6.85. The van der Waals surface area contributed by atoms with Gasteiger partial charge in [-0.1, -0.05) is 30.3 Å². The summed E-state index contributed by atoms with van der Waals surface area (Å²) in [5.41, 5.74) is 6.91. The Bertz CT molecular complexity index is 617. The van der Waals surface area contributed by atoms with Crippen molar-refractivity contribution in [1.29, 1.82) is 0 Å². The average molecular weight is 288 g/mol. The van der Waals surface area contributed by atoms with Crippen molar-refractivity contribution in [3.63, 3.8) is 0 Å². The number of nitrogens with one attached hydrogen (secondary N) is 1. The van der Waals surface area contributed by atoms with E-state index in [1.165, 1.54) is 25.3 Å². The lowest BCUT2D eigenvalue weighted by molar-refractivity contribution is -0.116. The van der Waals surface area contributed by atoms with Gasteiger partial charge in [0.1, 0.15) is 11.6 Å². The number of carbonyl (C=O) groups is 1. The van der Waals surface area contributed by atoms with Crippen molar-refractivity contribution in [3.05, 3.63) is 59.9 Å². The minimum atomic E-state index is -0.516. The highest BCUT2D eigenvalue weighted by Crippen LogP contribution is 2.22. The van der Waals surface area contributed by atoms with Crippen molar-refractivity contribution in [2.45, 2.75) is 12.5 Å². The van der Waals surface area contributed by atoms with E-state index in [-0.39, 0.29) is 18.0 Å². The van der Waals surface area contributed by atoms with Crippen LogP contribution in [0.3, 0.4) is 0 Å². The Hall–Kier alpha value is -2.40. The summed E-state index contributed by atoms with van der Waals surface area (Å²) in [6, 6.07) is 13.0. The molecule has 0 aliphatic heterocycles. The summed E-state index contributed by atoms with van der Waals surface area (Å²) in [6.45, 7) is 0. The molecule has 0 bridgehead atoms. The number of anilines is 1. The number of amides is 1. The van der Waals surface area contributed by atoms with Crippen LogP contribution < -0.4 is 15.8 Å². The maximum atomic E-state index is 13.6. The van der Waals surface area contributed by atoms with Crippen LogP contribution in [-0.4, -0.2) is 13.0 Å². The van der Waals surface area contributed by atoms with Crippen molar-refractivity contribution in [1.82, 2.24) is 0 Å². The van der Waals surface area contributed by atoms with Crippen molar-refractivity contribution in [3.8, 4) is 5.75 Å². The Labute approximate surface area is 122 Å². The molecular weight excluding hydrogens is 271 g/mol. The fourth-order valence-corrected chi connectivity index (χ4v) is 1.95. The quantitative estimate of drug-likeness (QED) is 0.889. The number of hydrogen-bond acceptors (Lipinski definition) is 3. The predicted molar refractivity (Wildman–Crippen MR) is 79.6 cm³/mol. The van der Waals surface area contributed by atoms with Gasteiger partial charge in [-0.2, -0.15) is 0 Å². The summed E-state index contributed by atoms with van der Waals surface area (Å²) in [5, 5.41) is 2.51. The third-order valence-electron chi connectivity index (χ3n) is 3.08. The van der Waals surface area contributed by atoms with Crippen LogP contribution in [0.2, 0.25) is 0 Å². The van der Waals surface area contributed by atoms with Crippen LogP contribution in [0.15, 0.2) is 48.5 Å². The van der Waals surface area contributed by atoms with Crippen LogP contribution >= 0.6 is 0 Å². The molecule has 0 radical (unpaired) electrons. The van der Waals surface area contributed by atoms with Crippen molar-refractivity contribution in [2.75, 3.05) is 12.4 Å². The first-order valence-electron chi connectivity index (χ1n) is 6.54. The molecule has 2 rings (SSSR count). The zero-order chi connectivity index (χ0) is 15.2. The van der Waals surface area contributed by atoms with Crippen LogP contribution in [-0.2, 0) is 4.79 Å². The molecule has 0 aliphatic rings. The molecule has 0 spiro atoms. The number of hydrogen-bond donors (Lipinski definition) is 2. The highest BCUT2D eigenvalue weighted by molar-refractivity contribution is 5.91. The molecule has 0 fully saturated rings. The van der Waals surface area contributed by atoms with E-state index >= 15 is 0 Å². The molecule has 110 valence electrons. The number of ether oxygens (including phenoxy) is 1. The second-order valence-electron chi connectivity index (χ2n) is 4.62. The second-order valence-corrected chi connectivity index (χ2v) is 4.62. The summed E-state index contributed by atoms with van der Waals surface area (Å²) in [6.07, 6.45) is 0.0701. The molecule has 0 aromatic heterocycles. The van der Waals surface area contributed by atoms with Gasteiger partial charge in [0.25, 0.3) is 0 Å². The summed E-state index contributed by atoms with van der Waals surface area (Å²) in [7, 11) is 1.48. The van der Waals surface area contributed by atoms with Crippen LogP contribution in [0.5, 0.6) is 5.75 Å². The van der Waals surface area contributed by atoms with Crippen molar-refractivity contribution < 1.29 is 13.9 Å². The molecule has 1 unspecified atom stereocenters. The van der Waals surface area contributed by atoms with E-state index in [4.69, 9.17) is 10.5 Å². The molecular formula is C16H17FN2O2. The van der Waals surface area contributed by atoms with Gasteiger partial charge in [0, 0.05) is 18.5 Å². The molecule has 2 aromatic carbocycles. The number of benzene rings is 2. The number of carbonyl (C=O) groups excluding carboxylic acids is 1. The molecule has 5 heteroatoms. The van der Waals surface area contributed by atoms with Gasteiger partial charge in [0.2, 0.25) is 5.91 Å². The zero-order valence-corrected chi connectivity index (χ0v) is 11.7. The van der Waals surface area contributed by atoms with E-state index in [1.807, 2.05) is 30.3 Å². The lowest BCUT2D eigenvalue weighted by Crippen LogP contribution is -2.21. The predicted octanol–water partition coefficient (Wildman–Crippen LogP) is 2.86. The highest BCUT2D eigenvalue weighted by atomic mass is 19.1. The summed E-state index contributed by atoms with van der Waals surface area (Å²) in [4.78, 5) is 11.9. The third-order valence-corrected chi connectivity index (χ3v) is 3.08. The Morgan fingerprint density at radius 1 is 1.29 bits per heavy atom. The minimum Gasteiger partial charge on any atom is -0.497 e. The van der Waals surface area contributed by atoms with E-state index in [1.54, 1.807) is 0 Å². The fraction of sp³-hybridized carbons (Fsp3) is 0.188. The molecule has 0 saturated carbocycles. The Kier molecular flexibility index (Phi) is 4.90. The molecule has 1 amide bonds. The van der Waals surface area contributed by atoms with E-state index in [9.17, 15) is 9.18 Å². The van der Waals surface area contributed by atoms with E-state index < -0.39 is 11.9 Å². The normalized spacial score (nSPS) is 11.8. The summed E-state index contributed by atoms with van der Waals surface area (Å²) < 4.78 is 18.6. The third kappa shape index (κ3) is 4.03. The van der Waals surface area contributed by atoms with Crippen LogP contribution in [0.4, 0.5) is 10.1 Å². The minimum absolute atomic E-state index is 0.0701. The Balaban J connectivity index is 2.02. The Morgan fingerprint density at radius 2 is 2.00 bits per heavy atom. The standard InChI is InChI=1S/C16H17FN2O2/c1-21-12-7-8-13(17)15(9-12)19-16(20)10-14(18)11-5-3-2-4-6-11/h2-9,14H,10,18H2,1H3,(H,19,20). The van der Waals surface area contributed by atoms with Crippen LogP contribution in [0.25, 0.3) is 0 Å².